The second-order valence-electron chi connectivity index (χ2n) is 3.48. The van der Waals surface area contributed by atoms with Gasteiger partial charge in [-0.3, -0.25) is 5.73 Å². The zero-order valence-electron chi connectivity index (χ0n) is 9.20. The summed E-state index contributed by atoms with van der Waals surface area (Å²) in [5, 5.41) is 17.3. The molecule has 0 radical (unpaired) electrons. The molecule has 0 spiro atoms. The molecule has 4 N–H and O–H groups in total. The number of aliphatic carboxylic acids is 2. The maximum absolute atomic E-state index is 11.4. The predicted octanol–water partition coefficient (Wildman–Crippen LogP) is -0.403. The van der Waals surface area contributed by atoms with Crippen LogP contribution in [0.15, 0.2) is 30.3 Å². The molecular weight excluding hydrogens is 242 g/mol. The molecule has 0 aromatic heterocycles. The lowest BCUT2D eigenvalue weighted by atomic mass is 10.0. The van der Waals surface area contributed by atoms with Crippen molar-refractivity contribution in [2.45, 2.75) is 12.1 Å². The number of nitrogens with two attached hydrogens (primary N) is 1. The minimum absolute atomic E-state index is 0.251. The standard InChI is InChI=1S/C11H11NO6/c12-11(8(13)14,9(15)16)10(17)18-6-7-4-2-1-3-5-7/h1-5H,6,12H2,(H,13,14)(H,15,16). The Bertz CT molecular complexity index is 456. The molecule has 0 heterocycles. The summed E-state index contributed by atoms with van der Waals surface area (Å²) in [5.74, 6) is -5.48. The summed E-state index contributed by atoms with van der Waals surface area (Å²) in [6.07, 6.45) is 0. The van der Waals surface area contributed by atoms with E-state index in [1.807, 2.05) is 0 Å². The van der Waals surface area contributed by atoms with Gasteiger partial charge in [-0.1, -0.05) is 30.3 Å². The molecule has 0 bridgehead atoms. The molecule has 7 nitrogen and oxygen atoms in total. The van der Waals surface area contributed by atoms with Crippen molar-refractivity contribution in [1.82, 2.24) is 0 Å². The van der Waals surface area contributed by atoms with E-state index in [4.69, 9.17) is 15.9 Å². The van der Waals surface area contributed by atoms with Crippen LogP contribution in [0.3, 0.4) is 0 Å². The largest absolute Gasteiger partial charge is 0.479 e. The van der Waals surface area contributed by atoms with Crippen molar-refractivity contribution in [2.24, 2.45) is 5.73 Å². The van der Waals surface area contributed by atoms with Crippen molar-refractivity contribution >= 4 is 17.9 Å². The van der Waals surface area contributed by atoms with Gasteiger partial charge in [-0.05, 0) is 5.56 Å². The molecule has 0 fully saturated rings. The Kier molecular flexibility index (Phi) is 4.01. The fourth-order valence-corrected chi connectivity index (χ4v) is 1.10. The lowest BCUT2D eigenvalue weighted by molar-refractivity contribution is -0.170. The monoisotopic (exact) mass is 253 g/mol. The lowest BCUT2D eigenvalue weighted by Gasteiger charge is -2.17. The molecule has 0 saturated heterocycles. The van der Waals surface area contributed by atoms with Crippen LogP contribution in [0.4, 0.5) is 0 Å². The number of benzene rings is 1. The summed E-state index contributed by atoms with van der Waals surface area (Å²) in [7, 11) is 0. The lowest BCUT2D eigenvalue weighted by Crippen LogP contribution is -2.61. The zero-order chi connectivity index (χ0) is 13.8. The Morgan fingerprint density at radius 2 is 1.61 bits per heavy atom. The Morgan fingerprint density at radius 1 is 1.11 bits per heavy atom. The Morgan fingerprint density at radius 3 is 2.06 bits per heavy atom. The average molecular weight is 253 g/mol. The third kappa shape index (κ3) is 2.64. The number of ether oxygens (including phenoxy) is 1. The smallest absolute Gasteiger partial charge is 0.350 e. The van der Waals surface area contributed by atoms with E-state index < -0.39 is 23.4 Å². The molecule has 0 aliphatic rings. The maximum Gasteiger partial charge on any atom is 0.350 e. The van der Waals surface area contributed by atoms with Crippen LogP contribution < -0.4 is 5.73 Å². The number of hydrogen-bond donors (Lipinski definition) is 3. The second kappa shape index (κ2) is 5.28. The summed E-state index contributed by atoms with van der Waals surface area (Å²) in [4.78, 5) is 32.8. The average Bonchev–Trinajstić information content (AvgIpc) is 2.35. The highest BCUT2D eigenvalue weighted by Crippen LogP contribution is 2.08. The van der Waals surface area contributed by atoms with E-state index in [0.717, 1.165) is 0 Å². The Balaban J connectivity index is 2.76. The third-order valence-corrected chi connectivity index (χ3v) is 2.21. The van der Waals surface area contributed by atoms with Crippen molar-refractivity contribution in [1.29, 1.82) is 0 Å². The molecule has 0 atom stereocenters. The van der Waals surface area contributed by atoms with Gasteiger partial charge in [0.2, 0.25) is 0 Å². The molecule has 0 aliphatic heterocycles. The van der Waals surface area contributed by atoms with Crippen LogP contribution in [-0.2, 0) is 25.7 Å². The molecule has 1 aromatic carbocycles. The highest BCUT2D eigenvalue weighted by atomic mass is 16.5. The first kappa shape index (κ1) is 13.7. The van der Waals surface area contributed by atoms with Gasteiger partial charge in [0.15, 0.2) is 0 Å². The van der Waals surface area contributed by atoms with E-state index in [1.54, 1.807) is 30.3 Å². The van der Waals surface area contributed by atoms with Crippen LogP contribution >= 0.6 is 0 Å². The van der Waals surface area contributed by atoms with Gasteiger partial charge in [-0.15, -0.1) is 0 Å². The first-order valence-corrected chi connectivity index (χ1v) is 4.86. The number of hydrogen-bond acceptors (Lipinski definition) is 5. The summed E-state index contributed by atoms with van der Waals surface area (Å²) >= 11 is 0. The quantitative estimate of drug-likeness (QED) is 0.481. The van der Waals surface area contributed by atoms with Crippen LogP contribution in [0.5, 0.6) is 0 Å². The van der Waals surface area contributed by atoms with E-state index in [2.05, 4.69) is 4.74 Å². The topological polar surface area (TPSA) is 127 Å². The SMILES string of the molecule is NC(C(=O)O)(C(=O)O)C(=O)OCc1ccccc1. The van der Waals surface area contributed by atoms with Crippen LogP contribution in [0.25, 0.3) is 0 Å². The van der Waals surface area contributed by atoms with E-state index in [0.29, 0.717) is 5.56 Å². The molecule has 0 saturated carbocycles. The van der Waals surface area contributed by atoms with Crippen molar-refractivity contribution < 1.29 is 29.3 Å². The minimum atomic E-state index is -3.09. The van der Waals surface area contributed by atoms with Gasteiger partial charge in [-0.25, -0.2) is 14.4 Å². The van der Waals surface area contributed by atoms with Gasteiger partial charge in [0.25, 0.3) is 0 Å². The number of carboxylic acids is 2. The van der Waals surface area contributed by atoms with E-state index >= 15 is 0 Å². The Labute approximate surface area is 102 Å². The van der Waals surface area contributed by atoms with Crippen LogP contribution in [0.2, 0.25) is 0 Å². The highest BCUT2D eigenvalue weighted by Gasteiger charge is 2.52. The van der Waals surface area contributed by atoms with Crippen molar-refractivity contribution in [3.63, 3.8) is 0 Å². The molecule has 0 amide bonds. The molecule has 1 rings (SSSR count). The molecule has 18 heavy (non-hydrogen) atoms. The van der Waals surface area contributed by atoms with Gasteiger partial charge in [0, 0.05) is 0 Å². The zero-order valence-corrected chi connectivity index (χ0v) is 9.20. The van der Waals surface area contributed by atoms with Gasteiger partial charge < -0.3 is 14.9 Å². The number of carboxylic acid groups (broad SMARTS) is 2. The Hall–Kier alpha value is -2.41. The molecule has 7 heteroatoms. The number of carbonyl (C=O) groups is 3. The minimum Gasteiger partial charge on any atom is -0.479 e. The van der Waals surface area contributed by atoms with E-state index in [-0.39, 0.29) is 6.61 Å². The van der Waals surface area contributed by atoms with Gasteiger partial charge in [0.05, 0.1) is 0 Å². The summed E-state index contributed by atoms with van der Waals surface area (Å²) < 4.78 is 4.59. The molecule has 0 unspecified atom stereocenters. The normalized spacial score (nSPS) is 10.7. The molecule has 96 valence electrons. The van der Waals surface area contributed by atoms with Gasteiger partial charge in [0.1, 0.15) is 6.61 Å². The van der Waals surface area contributed by atoms with Crippen molar-refractivity contribution in [2.75, 3.05) is 0 Å². The molecule has 1 aromatic rings. The fraction of sp³-hybridized carbons (Fsp3) is 0.182. The third-order valence-electron chi connectivity index (χ3n) is 2.21. The van der Waals surface area contributed by atoms with Crippen molar-refractivity contribution in [3.05, 3.63) is 35.9 Å². The summed E-state index contributed by atoms with van der Waals surface area (Å²) in [6.45, 7) is -0.251. The number of rotatable bonds is 5. The van der Waals surface area contributed by atoms with E-state index in [1.165, 1.54) is 0 Å². The first-order chi connectivity index (χ1) is 8.39. The van der Waals surface area contributed by atoms with Crippen LogP contribution in [-0.4, -0.2) is 33.7 Å². The van der Waals surface area contributed by atoms with Crippen molar-refractivity contribution in [3.8, 4) is 0 Å². The number of carbonyl (C=O) groups excluding carboxylic acids is 1. The summed E-state index contributed by atoms with van der Waals surface area (Å²) in [5.41, 5.74) is 2.52. The predicted molar refractivity (Wildman–Crippen MR) is 58.4 cm³/mol. The first-order valence-electron chi connectivity index (χ1n) is 4.86. The molecule has 0 aliphatic carbocycles. The fourth-order valence-electron chi connectivity index (χ4n) is 1.10. The second-order valence-corrected chi connectivity index (χ2v) is 3.48. The highest BCUT2D eigenvalue weighted by molar-refractivity contribution is 6.21. The number of esters is 1. The van der Waals surface area contributed by atoms with Crippen LogP contribution in [0.1, 0.15) is 5.56 Å². The van der Waals surface area contributed by atoms with Gasteiger partial charge in [-0.2, -0.15) is 0 Å². The molecular formula is C11H11NO6. The van der Waals surface area contributed by atoms with Gasteiger partial charge >= 0.3 is 23.4 Å². The maximum atomic E-state index is 11.4. The summed E-state index contributed by atoms with van der Waals surface area (Å²) in [6, 6.07) is 8.38. The van der Waals surface area contributed by atoms with Crippen LogP contribution in [0, 0.1) is 0 Å². The van der Waals surface area contributed by atoms with E-state index in [9.17, 15) is 14.4 Å².